The van der Waals surface area contributed by atoms with Crippen molar-refractivity contribution in [2.24, 2.45) is 23.7 Å². The first-order chi connectivity index (χ1) is 50.2. The molecule has 0 spiro atoms. The Morgan fingerprint density at radius 2 is 0.945 bits per heavy atom. The number of ether oxygens (including phenoxy) is 2. The van der Waals surface area contributed by atoms with E-state index in [1.165, 1.54) is 47.1 Å². The fourth-order valence-corrected chi connectivity index (χ4v) is 24.3. The Hall–Kier alpha value is -2.46. The molecule has 0 radical (unpaired) electrons. The van der Waals surface area contributed by atoms with E-state index in [-0.39, 0.29) is 138 Å². The number of aryl methyl sites for hydroxylation is 2. The fraction of sp³-hybridized carbons (Fsp3) is 0.602. The van der Waals surface area contributed by atoms with Crippen LogP contribution in [0.5, 0.6) is 0 Å². The minimum Gasteiger partial charge on any atom is -0.550 e. The van der Waals surface area contributed by atoms with Gasteiger partial charge in [0.2, 0.25) is 0 Å². The van der Waals surface area contributed by atoms with Crippen LogP contribution in [0.2, 0.25) is 72.5 Å². The number of hydrogen-bond acceptors (Lipinski definition) is 10. The standard InChI is InChI=1S/C36H61BrF2O4Si2.C30H52F2O4Si2.C22H21O2P.K/c1-26(40)41-33-25-34(43-45(10,11)36(5,6)7)32(31(33)16-14-12-13-15-21-37)20-19-30(42-44(8,9)35(2,3)4)18-17-27-22-28(38)24-29(39)23-27;1-29(2,3)37(7,8)35-23(12-11-20-15-21(31)17-22(32)16-20)13-14-24-25-18-28(33)34-26(25)19-27(24)36-38(9,10)30(4,5)6;23-22(24)17-10-18-25(19-11-4-1-5-12-19,20-13-6-2-7-14-20)21-15-8-3-9-16-21;/h12,14,22-24,30-34H,13,15-21,25H2,1-11H3;15-17,23-28,33H,11-14,18-19H2,1-10H3;1-9,11-16,18H,10,17H2,(H,23,24);/q;;;+1/p-1/b14-12-;;;/t30-,31+,32+,33-,34+;23?,24-,25-,26?,27-,28?;;/m01../s1. The number of aliphatic hydroxyl groups excluding tert-OH is 1. The fourth-order valence-electron chi connectivity index (χ4n) is 14.4. The number of unbranched alkanes of at least 4 members (excludes halogenated alkanes) is 1. The Kier molecular flexibility index (Phi) is 38.0. The molecule has 5 aromatic rings. The molecule has 0 amide bonds. The van der Waals surface area contributed by atoms with E-state index in [0.717, 1.165) is 68.8 Å². The van der Waals surface area contributed by atoms with Crippen molar-refractivity contribution in [1.82, 2.24) is 0 Å². The average Bonchev–Trinajstić information content (AvgIpc) is 1.16. The molecule has 1 saturated heterocycles. The molecular weight excluding hydrogens is 1560 g/mol. The number of esters is 1. The molecule has 2 aliphatic carbocycles. The van der Waals surface area contributed by atoms with Gasteiger partial charge in [0.25, 0.3) is 0 Å². The second-order valence-electron chi connectivity index (χ2n) is 36.6. The van der Waals surface area contributed by atoms with Crippen LogP contribution in [-0.4, -0.2) is 104 Å². The van der Waals surface area contributed by atoms with Gasteiger partial charge in [-0.2, -0.15) is 0 Å². The summed E-state index contributed by atoms with van der Waals surface area (Å²) >= 11 is 3.52. The third-order valence-corrected chi connectivity index (χ3v) is 47.2. The number of aliphatic hydroxyl groups is 1. The number of hydrogen-bond donors (Lipinski definition) is 1. The predicted octanol–water partition coefficient (Wildman–Crippen LogP) is 18.7. The van der Waals surface area contributed by atoms with Crippen molar-refractivity contribution in [1.29, 1.82) is 0 Å². The number of carboxylic acid groups (broad SMARTS) is 1. The summed E-state index contributed by atoms with van der Waals surface area (Å²) < 4.78 is 95.6. The van der Waals surface area contributed by atoms with Gasteiger partial charge in [-0.25, -0.2) is 17.6 Å². The largest absolute Gasteiger partial charge is 1.00 e. The van der Waals surface area contributed by atoms with Gasteiger partial charge < -0.3 is 42.2 Å². The smallest absolute Gasteiger partial charge is 0.550 e. The van der Waals surface area contributed by atoms with E-state index >= 15 is 0 Å². The van der Waals surface area contributed by atoms with E-state index in [4.69, 9.17) is 27.2 Å². The summed E-state index contributed by atoms with van der Waals surface area (Å²) in [5.41, 5.74) is 1.32. The molecule has 21 heteroatoms. The number of fused-ring (bicyclic) bond motifs is 1. The van der Waals surface area contributed by atoms with E-state index in [9.17, 15) is 37.4 Å². The second-order valence-corrected chi connectivity index (χ2v) is 59.8. The third kappa shape index (κ3) is 29.0. The van der Waals surface area contributed by atoms with E-state index < -0.39 is 75.7 Å². The molecule has 3 fully saturated rings. The van der Waals surface area contributed by atoms with E-state index in [0.29, 0.717) is 62.0 Å². The predicted molar refractivity (Wildman–Crippen MR) is 453 cm³/mol. The van der Waals surface area contributed by atoms with Gasteiger partial charge >= 0.3 is 57.4 Å². The molecule has 1 aliphatic heterocycles. The third-order valence-electron chi connectivity index (χ3n) is 24.4. The summed E-state index contributed by atoms with van der Waals surface area (Å²) in [5, 5.41) is 26.1. The van der Waals surface area contributed by atoms with Crippen LogP contribution < -0.4 is 72.4 Å². The van der Waals surface area contributed by atoms with E-state index in [2.05, 4.69) is 206 Å². The molecule has 0 aromatic heterocycles. The molecule has 8 rings (SSSR count). The number of carbonyl (C=O) groups excluding carboxylic acids is 2. The number of rotatable bonds is 32. The minimum absolute atomic E-state index is 0. The summed E-state index contributed by atoms with van der Waals surface area (Å²) in [7, 11) is -8.28. The zero-order valence-electron chi connectivity index (χ0n) is 70.2. The number of carboxylic acids is 1. The molecule has 602 valence electrons. The summed E-state index contributed by atoms with van der Waals surface area (Å²) in [6, 6.07) is 38.7. The Morgan fingerprint density at radius 1 is 0.550 bits per heavy atom. The van der Waals surface area contributed by atoms with Gasteiger partial charge in [-0.15, -0.1) is 0 Å². The minimum atomic E-state index is -2.13. The molecule has 5 aromatic carbocycles. The summed E-state index contributed by atoms with van der Waals surface area (Å²) in [5.74, 6) is -0.300. The van der Waals surface area contributed by atoms with Gasteiger partial charge in [-0.05, 0) is 238 Å². The summed E-state index contributed by atoms with van der Waals surface area (Å²) in [4.78, 5) is 23.2. The normalized spacial score (nSPS) is 21.3. The maximum absolute atomic E-state index is 14.0. The Morgan fingerprint density at radius 3 is 1.32 bits per heavy atom. The summed E-state index contributed by atoms with van der Waals surface area (Å²) in [6.07, 6.45) is 15.3. The number of halogens is 5. The Balaban J connectivity index is 0.000000302. The molecule has 10 nitrogen and oxygen atoms in total. The van der Waals surface area contributed by atoms with Crippen LogP contribution in [0.4, 0.5) is 17.6 Å². The first-order valence-corrected chi connectivity index (χ1v) is 54.2. The van der Waals surface area contributed by atoms with Crippen molar-refractivity contribution in [3.8, 4) is 0 Å². The molecule has 2 saturated carbocycles. The van der Waals surface area contributed by atoms with Crippen molar-refractivity contribution < 1.29 is 116 Å². The van der Waals surface area contributed by atoms with Gasteiger partial charge in [0, 0.05) is 61.3 Å². The van der Waals surface area contributed by atoms with Crippen molar-refractivity contribution in [2.45, 2.75) is 308 Å². The van der Waals surface area contributed by atoms with Crippen LogP contribution in [0.25, 0.3) is 0 Å². The molecule has 0 bridgehead atoms. The number of benzene rings is 5. The number of alkyl halides is 1. The van der Waals surface area contributed by atoms with E-state index in [1.807, 2.05) is 54.6 Å². The topological polar surface area (TPSA) is 133 Å². The first-order valence-electron chi connectivity index (χ1n) is 39.6. The van der Waals surface area contributed by atoms with Crippen LogP contribution in [0, 0.1) is 46.9 Å². The Bertz CT molecular complexity index is 3550. The Labute approximate surface area is 710 Å². The zero-order valence-corrected chi connectivity index (χ0v) is 79.8. The van der Waals surface area contributed by atoms with Crippen LogP contribution >= 0.6 is 22.8 Å². The molecule has 109 heavy (non-hydrogen) atoms. The van der Waals surface area contributed by atoms with Crippen LogP contribution in [0.15, 0.2) is 140 Å². The zero-order chi connectivity index (χ0) is 80.4. The molecular formula is C88H133BrF4KO10PSi4. The first kappa shape index (κ1) is 97.1. The van der Waals surface area contributed by atoms with Crippen molar-refractivity contribution in [3.63, 3.8) is 0 Å². The van der Waals surface area contributed by atoms with Crippen molar-refractivity contribution >= 4 is 89.7 Å². The van der Waals surface area contributed by atoms with Crippen LogP contribution in [0.3, 0.4) is 0 Å². The molecule has 3 unspecified atom stereocenters. The van der Waals surface area contributed by atoms with Gasteiger partial charge in [0.15, 0.2) is 39.6 Å². The average molecular weight is 1690 g/mol. The molecule has 1 heterocycles. The number of aliphatic carboxylic acids is 1. The number of carbonyl (C=O) groups is 2. The van der Waals surface area contributed by atoms with Crippen LogP contribution in [-0.2, 0) is 49.6 Å². The van der Waals surface area contributed by atoms with Gasteiger partial charge in [0.05, 0.1) is 18.3 Å². The molecule has 3 aliphatic rings. The van der Waals surface area contributed by atoms with Gasteiger partial charge in [-0.1, -0.05) is 208 Å². The van der Waals surface area contributed by atoms with Crippen LogP contribution in [0.1, 0.15) is 191 Å². The van der Waals surface area contributed by atoms with Crippen molar-refractivity contribution in [3.05, 3.63) is 174 Å². The van der Waals surface area contributed by atoms with E-state index in [1.54, 1.807) is 0 Å². The van der Waals surface area contributed by atoms with Crippen molar-refractivity contribution in [2.75, 3.05) is 5.33 Å². The maximum Gasteiger partial charge on any atom is 1.00 e. The SMILES string of the molecule is CC(=O)O[C@H]1C[C@@H](O[Si](C)(C)C(C)(C)C)[C@H](CC[C@H](CCc2cc(F)cc(F)c2)O[Si](C)(C)C(C)(C)C)[C@H]1C/C=C\CCCBr.CC(C)(C)[Si](C)(C)OC(CCc1cc(F)cc(F)c1)CC[C@H]1[C@H](O[Si](C)(C)C(C)(C)C)CC2OC(O)C[C@@H]21.O=C([O-])CCC=P(c1ccccc1)(c1ccccc1)c1ccccc1.[K+]. The monoisotopic (exact) mass is 1690 g/mol. The number of allylic oxidation sites excluding steroid dienone is 2. The van der Waals surface area contributed by atoms with Gasteiger partial charge in [0.1, 0.15) is 29.4 Å². The molecule has 1 N–H and O–H groups in total. The quantitative estimate of drug-likeness (QED) is 0.00844. The maximum atomic E-state index is 14.0. The molecule has 11 atom stereocenters. The van der Waals surface area contributed by atoms with Gasteiger partial charge in [-0.3, -0.25) is 4.79 Å². The summed E-state index contributed by atoms with van der Waals surface area (Å²) in [6.45, 7) is 44.7. The second kappa shape index (κ2) is 42.6.